The highest BCUT2D eigenvalue weighted by molar-refractivity contribution is 8.02. The van der Waals surface area contributed by atoms with Crippen LogP contribution in [0.25, 0.3) is 0 Å². The van der Waals surface area contributed by atoms with Crippen molar-refractivity contribution in [2.24, 2.45) is 0 Å². The molecule has 2 N–H and O–H groups in total. The van der Waals surface area contributed by atoms with E-state index in [1.165, 1.54) is 55.2 Å². The van der Waals surface area contributed by atoms with Crippen LogP contribution in [-0.2, 0) is 11.3 Å². The molecule has 24 heavy (non-hydrogen) atoms. The first-order valence-electron chi connectivity index (χ1n) is 8.27. The molecule has 130 valence electrons. The monoisotopic (exact) mass is 366 g/mol. The highest BCUT2D eigenvalue weighted by Gasteiger charge is 2.19. The van der Waals surface area contributed by atoms with Gasteiger partial charge in [0.05, 0.1) is 18.1 Å². The number of anilines is 1. The molecule has 2 aromatic rings. The average molecular weight is 367 g/mol. The number of amides is 1. The zero-order chi connectivity index (χ0) is 16.8. The Morgan fingerprint density at radius 1 is 1.42 bits per heavy atom. The van der Waals surface area contributed by atoms with E-state index in [1.54, 1.807) is 6.26 Å². The molecule has 1 saturated carbocycles. The largest absolute Gasteiger partial charge is 0.467 e. The van der Waals surface area contributed by atoms with E-state index in [1.807, 2.05) is 19.1 Å². The van der Waals surface area contributed by atoms with Crippen molar-refractivity contribution >= 4 is 34.1 Å². The molecule has 1 atom stereocenters. The number of furan rings is 1. The Kier molecular flexibility index (Phi) is 6.14. The molecular weight excluding hydrogens is 344 g/mol. The van der Waals surface area contributed by atoms with E-state index in [-0.39, 0.29) is 11.2 Å². The average Bonchev–Trinajstić information content (AvgIpc) is 3.25. The van der Waals surface area contributed by atoms with Crippen LogP contribution in [-0.4, -0.2) is 27.4 Å². The van der Waals surface area contributed by atoms with Gasteiger partial charge in [0.2, 0.25) is 11.0 Å². The number of hydrogen-bond acceptors (Lipinski definition) is 7. The molecule has 2 aromatic heterocycles. The Bertz CT molecular complexity index is 638. The van der Waals surface area contributed by atoms with Gasteiger partial charge in [0.15, 0.2) is 4.34 Å². The van der Waals surface area contributed by atoms with Crippen LogP contribution in [0.4, 0.5) is 5.13 Å². The molecule has 0 spiro atoms. The van der Waals surface area contributed by atoms with E-state index >= 15 is 0 Å². The lowest BCUT2D eigenvalue weighted by Crippen LogP contribution is -2.30. The summed E-state index contributed by atoms with van der Waals surface area (Å²) in [6, 6.07) is 4.16. The lowest BCUT2D eigenvalue weighted by atomic mass is 9.96. The number of nitrogens with one attached hydrogen (secondary N) is 2. The van der Waals surface area contributed by atoms with Gasteiger partial charge in [-0.3, -0.25) is 4.79 Å². The predicted octanol–water partition coefficient (Wildman–Crippen LogP) is 3.67. The summed E-state index contributed by atoms with van der Waals surface area (Å²) < 4.78 is 6.02. The van der Waals surface area contributed by atoms with E-state index < -0.39 is 0 Å². The molecule has 0 bridgehead atoms. The molecule has 1 aliphatic rings. The summed E-state index contributed by atoms with van der Waals surface area (Å²) in [6.45, 7) is 2.28. The Labute approximate surface area is 149 Å². The molecule has 2 heterocycles. The Hall–Kier alpha value is -1.54. The van der Waals surface area contributed by atoms with E-state index in [4.69, 9.17) is 4.42 Å². The quantitative estimate of drug-likeness (QED) is 0.728. The van der Waals surface area contributed by atoms with Gasteiger partial charge in [0.1, 0.15) is 5.76 Å². The Balaban J connectivity index is 1.45. The van der Waals surface area contributed by atoms with Gasteiger partial charge in [0, 0.05) is 6.04 Å². The molecule has 0 radical (unpaired) electrons. The fraction of sp³-hybridized carbons (Fsp3) is 0.562. The maximum Gasteiger partial charge on any atom is 0.233 e. The Morgan fingerprint density at radius 3 is 3.00 bits per heavy atom. The first kappa shape index (κ1) is 17.3. The van der Waals surface area contributed by atoms with Crippen LogP contribution in [0.1, 0.15) is 44.8 Å². The summed E-state index contributed by atoms with van der Waals surface area (Å²) in [6.07, 6.45) is 7.90. The van der Waals surface area contributed by atoms with E-state index in [0.717, 1.165) is 15.2 Å². The molecule has 0 aromatic carbocycles. The lowest BCUT2D eigenvalue weighted by molar-refractivity contribution is -0.120. The van der Waals surface area contributed by atoms with Crippen LogP contribution >= 0.6 is 23.1 Å². The van der Waals surface area contributed by atoms with Crippen LogP contribution < -0.4 is 10.6 Å². The molecule has 6 nitrogen and oxygen atoms in total. The van der Waals surface area contributed by atoms with Crippen molar-refractivity contribution in [2.45, 2.75) is 61.2 Å². The minimum atomic E-state index is -0.226. The zero-order valence-electron chi connectivity index (χ0n) is 13.7. The molecule has 3 rings (SSSR count). The second kappa shape index (κ2) is 8.53. The van der Waals surface area contributed by atoms with Crippen molar-refractivity contribution in [3.05, 3.63) is 24.2 Å². The molecule has 1 unspecified atom stereocenters. The van der Waals surface area contributed by atoms with Crippen molar-refractivity contribution in [1.29, 1.82) is 0 Å². The van der Waals surface area contributed by atoms with E-state index in [0.29, 0.717) is 12.6 Å². The van der Waals surface area contributed by atoms with Crippen molar-refractivity contribution in [3.63, 3.8) is 0 Å². The van der Waals surface area contributed by atoms with Crippen LogP contribution in [0.5, 0.6) is 0 Å². The number of thioether (sulfide) groups is 1. The molecule has 1 amide bonds. The van der Waals surface area contributed by atoms with Crippen LogP contribution in [0, 0.1) is 0 Å². The first-order chi connectivity index (χ1) is 11.7. The minimum absolute atomic E-state index is 0.0339. The van der Waals surface area contributed by atoms with Gasteiger partial charge in [-0.2, -0.15) is 0 Å². The summed E-state index contributed by atoms with van der Waals surface area (Å²) in [5, 5.41) is 15.3. The third-order valence-electron chi connectivity index (χ3n) is 4.00. The van der Waals surface area contributed by atoms with Gasteiger partial charge in [-0.05, 0) is 31.9 Å². The number of hydrogen-bond donors (Lipinski definition) is 2. The molecule has 1 aliphatic carbocycles. The lowest BCUT2D eigenvalue weighted by Gasteiger charge is -2.21. The number of aromatic nitrogens is 2. The highest BCUT2D eigenvalue weighted by Crippen LogP contribution is 2.30. The van der Waals surface area contributed by atoms with Gasteiger partial charge in [-0.15, -0.1) is 10.2 Å². The van der Waals surface area contributed by atoms with Crippen LogP contribution in [0.3, 0.4) is 0 Å². The topological polar surface area (TPSA) is 80.0 Å². The SMILES string of the molecule is CC(Sc1nnc(NC2CCCCC2)s1)C(=O)NCc1ccco1. The van der Waals surface area contributed by atoms with Gasteiger partial charge in [0.25, 0.3) is 0 Å². The standard InChI is InChI=1S/C16H22N4O2S2/c1-11(14(21)17-10-13-8-5-9-22-13)23-16-20-19-15(24-16)18-12-6-3-2-4-7-12/h5,8-9,11-12H,2-4,6-7,10H2,1H3,(H,17,21)(H,18,19). The summed E-state index contributed by atoms with van der Waals surface area (Å²) in [5.74, 6) is 0.712. The molecule has 0 aliphatic heterocycles. The third-order valence-corrected chi connectivity index (χ3v) is 6.04. The predicted molar refractivity (Wildman–Crippen MR) is 96.3 cm³/mol. The van der Waals surface area contributed by atoms with Crippen LogP contribution in [0.2, 0.25) is 0 Å². The molecule has 8 heteroatoms. The van der Waals surface area contributed by atoms with Crippen molar-refractivity contribution in [2.75, 3.05) is 5.32 Å². The second-order valence-electron chi connectivity index (χ2n) is 5.91. The maximum absolute atomic E-state index is 12.1. The van der Waals surface area contributed by atoms with E-state index in [2.05, 4.69) is 20.8 Å². The minimum Gasteiger partial charge on any atom is -0.467 e. The fourth-order valence-corrected chi connectivity index (χ4v) is 4.67. The third kappa shape index (κ3) is 4.98. The van der Waals surface area contributed by atoms with Gasteiger partial charge < -0.3 is 15.1 Å². The summed E-state index contributed by atoms with van der Waals surface area (Å²) in [4.78, 5) is 12.1. The van der Waals surface area contributed by atoms with Crippen LogP contribution in [0.15, 0.2) is 27.2 Å². The fourth-order valence-electron chi connectivity index (χ4n) is 2.67. The second-order valence-corrected chi connectivity index (χ2v) is 8.48. The van der Waals surface area contributed by atoms with Crippen molar-refractivity contribution in [1.82, 2.24) is 15.5 Å². The maximum atomic E-state index is 12.1. The highest BCUT2D eigenvalue weighted by atomic mass is 32.2. The number of carbonyl (C=O) groups excluding carboxylic acids is 1. The smallest absolute Gasteiger partial charge is 0.233 e. The first-order valence-corrected chi connectivity index (χ1v) is 9.97. The normalized spacial score (nSPS) is 16.7. The number of rotatable bonds is 7. The Morgan fingerprint density at radius 2 is 2.25 bits per heavy atom. The van der Waals surface area contributed by atoms with Crippen molar-refractivity contribution < 1.29 is 9.21 Å². The summed E-state index contributed by atoms with van der Waals surface area (Å²) in [7, 11) is 0. The van der Waals surface area contributed by atoms with Crippen molar-refractivity contribution in [3.8, 4) is 0 Å². The molecule has 1 fully saturated rings. The van der Waals surface area contributed by atoms with Gasteiger partial charge in [-0.25, -0.2) is 0 Å². The van der Waals surface area contributed by atoms with Gasteiger partial charge >= 0.3 is 0 Å². The number of carbonyl (C=O) groups is 1. The van der Waals surface area contributed by atoms with Gasteiger partial charge in [-0.1, -0.05) is 42.4 Å². The van der Waals surface area contributed by atoms with E-state index in [9.17, 15) is 4.79 Å². The summed E-state index contributed by atoms with van der Waals surface area (Å²) in [5.41, 5.74) is 0. The summed E-state index contributed by atoms with van der Waals surface area (Å²) >= 11 is 2.95. The molecule has 0 saturated heterocycles. The number of nitrogens with zero attached hydrogens (tertiary/aromatic N) is 2. The molecular formula is C16H22N4O2S2. The zero-order valence-corrected chi connectivity index (χ0v) is 15.3.